The fourth-order valence-corrected chi connectivity index (χ4v) is 2.10. The maximum Gasteiger partial charge on any atom is 0.416 e. The van der Waals surface area contributed by atoms with Gasteiger partial charge in [-0.25, -0.2) is 0 Å². The molecule has 0 radical (unpaired) electrons. The lowest BCUT2D eigenvalue weighted by Gasteiger charge is -2.15. The third-order valence-corrected chi connectivity index (χ3v) is 3.52. The monoisotopic (exact) mass is 384 g/mol. The second kappa shape index (κ2) is 7.94. The summed E-state index contributed by atoms with van der Waals surface area (Å²) in [7, 11) is 1.35. The maximum absolute atomic E-state index is 12.5. The van der Waals surface area contributed by atoms with Gasteiger partial charge >= 0.3 is 11.9 Å². The van der Waals surface area contributed by atoms with Crippen LogP contribution >= 0.6 is 0 Å². The van der Waals surface area contributed by atoms with Crippen molar-refractivity contribution in [1.82, 2.24) is 0 Å². The van der Waals surface area contributed by atoms with Crippen LogP contribution in [0, 0.1) is 10.1 Å². The van der Waals surface area contributed by atoms with Gasteiger partial charge in [0.05, 0.1) is 23.7 Å². The van der Waals surface area contributed by atoms with Gasteiger partial charge in [0.25, 0.3) is 5.91 Å². The molecule has 7 nitrogen and oxygen atoms in total. The third kappa shape index (κ3) is 5.09. The van der Waals surface area contributed by atoms with Crippen LogP contribution in [0.3, 0.4) is 0 Å². The van der Waals surface area contributed by atoms with Crippen LogP contribution in [-0.2, 0) is 11.0 Å². The van der Waals surface area contributed by atoms with Gasteiger partial charge in [0.15, 0.2) is 11.9 Å². The normalized spacial score (nSPS) is 12.2. The molecule has 0 spiro atoms. The number of nitro groups is 1. The van der Waals surface area contributed by atoms with Crippen LogP contribution in [0.1, 0.15) is 12.5 Å². The maximum atomic E-state index is 12.5. The van der Waals surface area contributed by atoms with Crippen molar-refractivity contribution in [3.8, 4) is 11.5 Å². The zero-order valence-electron chi connectivity index (χ0n) is 14.2. The van der Waals surface area contributed by atoms with Crippen LogP contribution in [0.25, 0.3) is 0 Å². The average Bonchev–Trinajstić information content (AvgIpc) is 2.61. The zero-order valence-corrected chi connectivity index (χ0v) is 14.2. The lowest BCUT2D eigenvalue weighted by Crippen LogP contribution is -2.30. The first kappa shape index (κ1) is 20.0. The number of amides is 1. The molecule has 0 unspecified atom stereocenters. The molecule has 0 saturated heterocycles. The number of nitrogens with zero attached hydrogens (tertiary/aromatic N) is 1. The van der Waals surface area contributed by atoms with Crippen LogP contribution in [0.4, 0.5) is 24.5 Å². The van der Waals surface area contributed by atoms with Gasteiger partial charge in [-0.3, -0.25) is 14.9 Å². The summed E-state index contributed by atoms with van der Waals surface area (Å²) in [5.41, 5.74) is -1.10. The number of halogens is 3. The lowest BCUT2D eigenvalue weighted by atomic mass is 10.2. The summed E-state index contributed by atoms with van der Waals surface area (Å²) < 4.78 is 47.8. The van der Waals surface area contributed by atoms with Gasteiger partial charge in [0, 0.05) is 5.69 Å². The number of hydrogen-bond acceptors (Lipinski definition) is 5. The van der Waals surface area contributed by atoms with E-state index in [9.17, 15) is 28.1 Å². The number of carbonyl (C=O) groups excluding carboxylic acids is 1. The Labute approximate surface area is 151 Å². The van der Waals surface area contributed by atoms with Crippen LogP contribution in [-0.4, -0.2) is 24.0 Å². The van der Waals surface area contributed by atoms with E-state index < -0.39 is 28.7 Å². The summed E-state index contributed by atoms with van der Waals surface area (Å²) in [5.74, 6) is -0.577. The van der Waals surface area contributed by atoms with Gasteiger partial charge in [-0.2, -0.15) is 13.2 Å². The Kier molecular flexibility index (Phi) is 5.88. The Morgan fingerprint density at radius 3 is 2.33 bits per heavy atom. The molecule has 2 rings (SSSR count). The molecule has 0 fully saturated rings. The number of hydrogen-bond donors (Lipinski definition) is 1. The summed E-state index contributed by atoms with van der Waals surface area (Å²) in [5, 5.41) is 13.5. The van der Waals surface area contributed by atoms with Crippen LogP contribution in [0.2, 0.25) is 0 Å². The minimum atomic E-state index is -4.48. The zero-order chi connectivity index (χ0) is 20.2. The average molecular weight is 384 g/mol. The molecule has 0 aliphatic carbocycles. The summed E-state index contributed by atoms with van der Waals surface area (Å²) in [6, 6.07) is 7.73. The van der Waals surface area contributed by atoms with Gasteiger partial charge in [-0.05, 0) is 43.3 Å². The molecular formula is C17H15F3N2O5. The molecule has 144 valence electrons. The first-order chi connectivity index (χ1) is 12.6. The molecule has 27 heavy (non-hydrogen) atoms. The highest BCUT2D eigenvalue weighted by molar-refractivity contribution is 5.94. The number of benzene rings is 2. The van der Waals surface area contributed by atoms with Crippen LogP contribution in [0.5, 0.6) is 11.5 Å². The molecule has 1 N–H and O–H groups in total. The summed E-state index contributed by atoms with van der Waals surface area (Å²) in [6.45, 7) is 1.35. The predicted octanol–water partition coefficient (Wildman–Crippen LogP) is 4.03. The Balaban J connectivity index is 2.09. The van der Waals surface area contributed by atoms with Gasteiger partial charge in [0.1, 0.15) is 5.75 Å². The van der Waals surface area contributed by atoms with E-state index in [1.54, 1.807) is 0 Å². The van der Waals surface area contributed by atoms with Crippen molar-refractivity contribution in [1.29, 1.82) is 0 Å². The Morgan fingerprint density at radius 1 is 1.19 bits per heavy atom. The summed E-state index contributed by atoms with van der Waals surface area (Å²) >= 11 is 0. The molecule has 0 saturated carbocycles. The first-order valence-electron chi connectivity index (χ1n) is 7.59. The molecule has 0 heterocycles. The van der Waals surface area contributed by atoms with E-state index in [1.165, 1.54) is 26.2 Å². The predicted molar refractivity (Wildman–Crippen MR) is 89.8 cm³/mol. The number of rotatable bonds is 6. The van der Waals surface area contributed by atoms with Gasteiger partial charge < -0.3 is 14.8 Å². The number of nitro benzene ring substituents is 1. The second-order valence-electron chi connectivity index (χ2n) is 5.42. The molecule has 1 atom stereocenters. The van der Waals surface area contributed by atoms with E-state index in [2.05, 4.69) is 5.32 Å². The van der Waals surface area contributed by atoms with E-state index in [4.69, 9.17) is 9.47 Å². The fraction of sp³-hybridized carbons (Fsp3) is 0.235. The third-order valence-electron chi connectivity index (χ3n) is 3.52. The van der Waals surface area contributed by atoms with Gasteiger partial charge in [-0.15, -0.1) is 0 Å². The van der Waals surface area contributed by atoms with Crippen molar-refractivity contribution in [3.63, 3.8) is 0 Å². The molecule has 0 bridgehead atoms. The van der Waals surface area contributed by atoms with E-state index in [1.807, 2.05) is 0 Å². The topological polar surface area (TPSA) is 90.7 Å². The van der Waals surface area contributed by atoms with Crippen LogP contribution < -0.4 is 14.8 Å². The molecule has 1 amide bonds. The van der Waals surface area contributed by atoms with Crippen molar-refractivity contribution in [3.05, 3.63) is 58.1 Å². The van der Waals surface area contributed by atoms with Crippen LogP contribution in [0.15, 0.2) is 42.5 Å². The van der Waals surface area contributed by atoms with E-state index >= 15 is 0 Å². The molecule has 0 aliphatic rings. The standard InChI is InChI=1S/C17H15F3N2O5/c1-10(27-15-8-7-13(26-2)9-14(15)22(24)25)16(23)21-12-5-3-11(4-6-12)17(18,19)20/h3-10H,1-2H3,(H,21,23)/t10-/m0/s1. The van der Waals surface area contributed by atoms with E-state index in [0.29, 0.717) is 0 Å². The number of carbonyl (C=O) groups is 1. The Bertz CT molecular complexity index is 837. The van der Waals surface area contributed by atoms with Gasteiger partial charge in [-0.1, -0.05) is 0 Å². The second-order valence-corrected chi connectivity index (χ2v) is 5.42. The quantitative estimate of drug-likeness (QED) is 0.600. The number of nitrogens with one attached hydrogen (secondary N) is 1. The first-order valence-corrected chi connectivity index (χ1v) is 7.59. The molecule has 2 aromatic rings. The largest absolute Gasteiger partial charge is 0.496 e. The van der Waals surface area contributed by atoms with Gasteiger partial charge in [0.2, 0.25) is 0 Å². The minimum absolute atomic E-state index is 0.132. The lowest BCUT2D eigenvalue weighted by molar-refractivity contribution is -0.386. The summed E-state index contributed by atoms with van der Waals surface area (Å²) in [6.07, 6.45) is -5.62. The van der Waals surface area contributed by atoms with Crippen molar-refractivity contribution >= 4 is 17.3 Å². The number of anilines is 1. The highest BCUT2D eigenvalue weighted by atomic mass is 19.4. The van der Waals surface area contributed by atoms with Crippen molar-refractivity contribution in [2.45, 2.75) is 19.2 Å². The SMILES string of the molecule is COc1ccc(O[C@@H](C)C(=O)Nc2ccc(C(F)(F)F)cc2)c([N+](=O)[O-])c1. The fourth-order valence-electron chi connectivity index (χ4n) is 2.10. The Morgan fingerprint density at radius 2 is 1.81 bits per heavy atom. The molecule has 10 heteroatoms. The molecule has 2 aromatic carbocycles. The molecular weight excluding hydrogens is 369 g/mol. The number of alkyl halides is 3. The molecule has 0 aliphatic heterocycles. The number of ether oxygens (including phenoxy) is 2. The molecule has 0 aromatic heterocycles. The number of methoxy groups -OCH3 is 1. The van der Waals surface area contributed by atoms with E-state index in [0.717, 1.165) is 30.3 Å². The highest BCUT2D eigenvalue weighted by Gasteiger charge is 2.30. The Hall–Kier alpha value is -3.30. The van der Waals surface area contributed by atoms with Crippen molar-refractivity contribution < 1.29 is 32.4 Å². The van der Waals surface area contributed by atoms with Crippen molar-refractivity contribution in [2.24, 2.45) is 0 Å². The minimum Gasteiger partial charge on any atom is -0.496 e. The van der Waals surface area contributed by atoms with E-state index in [-0.39, 0.29) is 22.9 Å². The van der Waals surface area contributed by atoms with Crippen molar-refractivity contribution in [2.75, 3.05) is 12.4 Å². The summed E-state index contributed by atoms with van der Waals surface area (Å²) in [4.78, 5) is 22.6. The highest BCUT2D eigenvalue weighted by Crippen LogP contribution is 2.32. The smallest absolute Gasteiger partial charge is 0.416 e.